The summed E-state index contributed by atoms with van der Waals surface area (Å²) in [5, 5.41) is 8.25. The lowest BCUT2D eigenvalue weighted by Gasteiger charge is -2.20. The van der Waals surface area contributed by atoms with Gasteiger partial charge in [-0.25, -0.2) is 0 Å². The van der Waals surface area contributed by atoms with Crippen LogP contribution in [-0.4, -0.2) is 0 Å². The van der Waals surface area contributed by atoms with Crippen molar-refractivity contribution in [3.05, 3.63) is 12.2 Å². The third-order valence-electron chi connectivity index (χ3n) is 1.40. The quantitative estimate of drug-likeness (QED) is 0.416. The maximum atomic E-state index is 8.25. The van der Waals surface area contributed by atoms with Crippen LogP contribution in [-0.2, 0) is 0 Å². The van der Waals surface area contributed by atoms with Gasteiger partial charge in [-0.2, -0.15) is 5.26 Å². The number of hydrogen-bond donors (Lipinski definition) is 0. The van der Waals surface area contributed by atoms with Gasteiger partial charge in [-0.15, -0.1) is 0 Å². The van der Waals surface area contributed by atoms with Gasteiger partial charge in [0.25, 0.3) is 0 Å². The summed E-state index contributed by atoms with van der Waals surface area (Å²) in [4.78, 5) is 0. The second-order valence-corrected chi connectivity index (χ2v) is 1.88. The number of hydrogen-bond acceptors (Lipinski definition) is 1. The molecule has 7 heavy (non-hydrogen) atoms. The van der Waals surface area contributed by atoms with E-state index in [1.165, 1.54) is 0 Å². The molecule has 36 valence electrons. The Morgan fingerprint density at radius 2 is 2.57 bits per heavy atom. The largest absolute Gasteiger partial charge is 0.198 e. The van der Waals surface area contributed by atoms with E-state index in [2.05, 4.69) is 12.6 Å². The lowest BCUT2D eigenvalue weighted by Crippen LogP contribution is -2.11. The molecule has 1 unspecified atom stereocenters. The second-order valence-electron chi connectivity index (χ2n) is 1.88. The highest BCUT2D eigenvalue weighted by atomic mass is 14.3. The molecule has 0 bridgehead atoms. The van der Waals surface area contributed by atoms with Gasteiger partial charge in [0.15, 0.2) is 0 Å². The molecule has 1 fully saturated rings. The van der Waals surface area contributed by atoms with Crippen molar-refractivity contribution >= 4 is 0 Å². The summed E-state index contributed by atoms with van der Waals surface area (Å²) in [6, 6.07) is 2.15. The van der Waals surface area contributed by atoms with E-state index < -0.39 is 0 Å². The Bertz CT molecular complexity index is 130. The fourth-order valence-electron chi connectivity index (χ4n) is 0.649. The van der Waals surface area contributed by atoms with Gasteiger partial charge in [-0.3, -0.25) is 0 Å². The molecule has 0 radical (unpaired) electrons. The number of nitrogens with zero attached hydrogens (tertiary/aromatic N) is 1. The van der Waals surface area contributed by atoms with E-state index in [0.717, 1.165) is 18.4 Å². The summed E-state index contributed by atoms with van der Waals surface area (Å²) in [7, 11) is 0. The van der Waals surface area contributed by atoms with Gasteiger partial charge >= 0.3 is 0 Å². The van der Waals surface area contributed by atoms with Gasteiger partial charge in [-0.05, 0) is 12.8 Å². The van der Waals surface area contributed by atoms with Crippen molar-refractivity contribution in [1.82, 2.24) is 0 Å². The highest BCUT2D eigenvalue weighted by Gasteiger charge is 2.20. The summed E-state index contributed by atoms with van der Waals surface area (Å²) >= 11 is 0. The van der Waals surface area contributed by atoms with E-state index >= 15 is 0 Å². The minimum absolute atomic E-state index is 0.194. The third kappa shape index (κ3) is 0.521. The fraction of sp³-hybridized carbons (Fsp3) is 0.500. The Kier molecular flexibility index (Phi) is 0.867. The molecule has 0 amide bonds. The number of rotatable bonds is 0. The van der Waals surface area contributed by atoms with Crippen molar-refractivity contribution < 1.29 is 0 Å². The van der Waals surface area contributed by atoms with Crippen molar-refractivity contribution in [1.29, 1.82) is 5.26 Å². The molecule has 0 saturated heterocycles. The normalized spacial score (nSPS) is 28.4. The van der Waals surface area contributed by atoms with Crippen LogP contribution in [0.3, 0.4) is 0 Å². The summed E-state index contributed by atoms with van der Waals surface area (Å²) in [5.41, 5.74) is 1.11. The van der Waals surface area contributed by atoms with Crippen LogP contribution < -0.4 is 0 Å². The van der Waals surface area contributed by atoms with Crippen LogP contribution in [0.1, 0.15) is 12.8 Å². The molecule has 1 aliphatic carbocycles. The highest BCUT2D eigenvalue weighted by molar-refractivity contribution is 5.18. The van der Waals surface area contributed by atoms with Crippen LogP contribution >= 0.6 is 0 Å². The molecule has 0 spiro atoms. The topological polar surface area (TPSA) is 23.8 Å². The van der Waals surface area contributed by atoms with E-state index in [-0.39, 0.29) is 5.92 Å². The van der Waals surface area contributed by atoms with Crippen molar-refractivity contribution in [3.8, 4) is 6.07 Å². The van der Waals surface area contributed by atoms with Crippen LogP contribution in [0, 0.1) is 17.2 Å². The first-order valence-corrected chi connectivity index (χ1v) is 2.42. The number of allylic oxidation sites excluding steroid dienone is 1. The van der Waals surface area contributed by atoms with Gasteiger partial charge in [0.2, 0.25) is 0 Å². The zero-order valence-electron chi connectivity index (χ0n) is 4.15. The second kappa shape index (κ2) is 1.38. The molecular weight excluding hydrogens is 86.1 g/mol. The van der Waals surface area contributed by atoms with Gasteiger partial charge < -0.3 is 0 Å². The van der Waals surface area contributed by atoms with Crippen LogP contribution in [0.5, 0.6) is 0 Å². The zero-order valence-corrected chi connectivity index (χ0v) is 4.15. The van der Waals surface area contributed by atoms with E-state index in [9.17, 15) is 0 Å². The maximum absolute atomic E-state index is 8.25. The molecule has 0 aliphatic heterocycles. The van der Waals surface area contributed by atoms with Gasteiger partial charge in [0.1, 0.15) is 0 Å². The standard InChI is InChI=1S/C6H7N/c1-5-2-3-6(5)4-7/h6H,1-3H2. The smallest absolute Gasteiger partial charge is 0.0700 e. The summed E-state index contributed by atoms with van der Waals surface area (Å²) < 4.78 is 0. The Hall–Kier alpha value is -0.770. The minimum Gasteiger partial charge on any atom is -0.198 e. The first kappa shape index (κ1) is 4.39. The van der Waals surface area contributed by atoms with Crippen molar-refractivity contribution in [2.45, 2.75) is 12.8 Å². The SMILES string of the molecule is C=C1CCC1C#N. The van der Waals surface area contributed by atoms with Crippen molar-refractivity contribution in [2.75, 3.05) is 0 Å². The predicted octanol–water partition coefficient (Wildman–Crippen LogP) is 1.48. The molecule has 0 aromatic rings. The average molecular weight is 93.1 g/mol. The lowest BCUT2D eigenvalue weighted by atomic mass is 9.82. The van der Waals surface area contributed by atoms with E-state index in [1.807, 2.05) is 0 Å². The molecule has 0 aromatic carbocycles. The first-order chi connectivity index (χ1) is 3.34. The van der Waals surface area contributed by atoms with Crippen LogP contribution in [0.15, 0.2) is 12.2 Å². The Morgan fingerprint density at radius 3 is 2.57 bits per heavy atom. The van der Waals surface area contributed by atoms with Crippen molar-refractivity contribution in [2.24, 2.45) is 5.92 Å². The molecule has 1 saturated carbocycles. The zero-order chi connectivity index (χ0) is 5.28. The number of nitriles is 1. The molecule has 1 atom stereocenters. The van der Waals surface area contributed by atoms with Gasteiger partial charge in [0, 0.05) is 0 Å². The minimum atomic E-state index is 0.194. The predicted molar refractivity (Wildman–Crippen MR) is 27.5 cm³/mol. The molecule has 0 aromatic heterocycles. The fourth-order valence-corrected chi connectivity index (χ4v) is 0.649. The van der Waals surface area contributed by atoms with E-state index in [0.29, 0.717) is 0 Å². The first-order valence-electron chi connectivity index (χ1n) is 2.42. The molecular formula is C6H7N. The van der Waals surface area contributed by atoms with E-state index in [4.69, 9.17) is 5.26 Å². The third-order valence-corrected chi connectivity index (χ3v) is 1.40. The van der Waals surface area contributed by atoms with Crippen LogP contribution in [0.4, 0.5) is 0 Å². The monoisotopic (exact) mass is 93.1 g/mol. The van der Waals surface area contributed by atoms with Crippen LogP contribution in [0.25, 0.3) is 0 Å². The lowest BCUT2D eigenvalue weighted by molar-refractivity contribution is 0.547. The average Bonchev–Trinajstić information content (AvgIpc) is 1.65. The molecule has 1 aliphatic rings. The summed E-state index contributed by atoms with van der Waals surface area (Å²) in [6.45, 7) is 3.69. The van der Waals surface area contributed by atoms with Gasteiger partial charge in [-0.1, -0.05) is 12.2 Å². The van der Waals surface area contributed by atoms with Crippen molar-refractivity contribution in [3.63, 3.8) is 0 Å². The summed E-state index contributed by atoms with van der Waals surface area (Å²) in [5.74, 6) is 0.194. The molecule has 1 heteroatoms. The molecule has 0 heterocycles. The molecule has 1 rings (SSSR count). The Morgan fingerprint density at radius 1 is 1.86 bits per heavy atom. The maximum Gasteiger partial charge on any atom is 0.0700 e. The Balaban J connectivity index is 2.48. The van der Waals surface area contributed by atoms with E-state index in [1.54, 1.807) is 0 Å². The molecule has 1 nitrogen and oxygen atoms in total. The van der Waals surface area contributed by atoms with Crippen LogP contribution in [0.2, 0.25) is 0 Å². The molecule has 0 N–H and O–H groups in total. The van der Waals surface area contributed by atoms with Gasteiger partial charge in [0.05, 0.1) is 12.0 Å². The summed E-state index contributed by atoms with van der Waals surface area (Å²) in [6.07, 6.45) is 2.10. The highest BCUT2D eigenvalue weighted by Crippen LogP contribution is 2.30. The Labute approximate surface area is 43.3 Å².